The first-order valence-electron chi connectivity index (χ1n) is 11.0. The third-order valence-electron chi connectivity index (χ3n) is 6.44. The predicted octanol–water partition coefficient (Wildman–Crippen LogP) is 4.37. The minimum atomic E-state index is -4.37. The van der Waals surface area contributed by atoms with E-state index in [1.54, 1.807) is 27.7 Å². The molecule has 6 nitrogen and oxygen atoms in total. The average Bonchev–Trinajstić information content (AvgIpc) is 3.48. The maximum absolute atomic E-state index is 13.4. The molecule has 4 heterocycles. The number of alkyl halides is 3. The van der Waals surface area contributed by atoms with Crippen LogP contribution >= 0.6 is 0 Å². The van der Waals surface area contributed by atoms with Gasteiger partial charge in [-0.3, -0.25) is 4.79 Å². The van der Waals surface area contributed by atoms with Gasteiger partial charge >= 0.3 is 6.18 Å². The highest BCUT2D eigenvalue weighted by atomic mass is 19.4. The number of carbonyl (C=O) groups is 1. The molecule has 168 valence electrons. The highest BCUT2D eigenvalue weighted by Crippen LogP contribution is 2.38. The molecule has 0 bridgehead atoms. The Morgan fingerprint density at radius 3 is 2.41 bits per heavy atom. The number of nitrogens with zero attached hydrogens (tertiary/aromatic N) is 5. The number of hydrogen-bond acceptors (Lipinski definition) is 4. The van der Waals surface area contributed by atoms with Gasteiger partial charge in [-0.15, -0.1) is 5.10 Å². The molecule has 2 aliphatic heterocycles. The summed E-state index contributed by atoms with van der Waals surface area (Å²) >= 11 is 0. The summed E-state index contributed by atoms with van der Waals surface area (Å²) in [6.45, 7) is 2.75. The minimum absolute atomic E-state index is 0.208. The number of amides is 1. The Labute approximate surface area is 183 Å². The van der Waals surface area contributed by atoms with Gasteiger partial charge in [-0.25, -0.2) is 9.50 Å². The Bertz CT molecular complexity index is 1130. The zero-order chi connectivity index (χ0) is 22.3. The van der Waals surface area contributed by atoms with Crippen LogP contribution in [0.3, 0.4) is 0 Å². The number of benzene rings is 1. The standard InChI is InChI=1S/C23H24F3N5O/c24-23(25,26)18-6-2-1-5-17(18)16-9-13-30(14-10-16)22(32)19-15-31-20(27-19)7-8-21(28-31)29-11-3-4-12-29/h1-2,5-8,15-16H,3-4,9-14H2. The molecular formula is C23H24F3N5O. The van der Waals surface area contributed by atoms with Gasteiger partial charge < -0.3 is 9.80 Å². The first-order chi connectivity index (χ1) is 15.4. The Morgan fingerprint density at radius 2 is 1.69 bits per heavy atom. The van der Waals surface area contributed by atoms with E-state index >= 15 is 0 Å². The van der Waals surface area contributed by atoms with Crippen molar-refractivity contribution >= 4 is 17.4 Å². The molecule has 5 rings (SSSR count). The van der Waals surface area contributed by atoms with Crippen LogP contribution < -0.4 is 4.90 Å². The first-order valence-corrected chi connectivity index (χ1v) is 11.0. The molecule has 0 spiro atoms. The molecule has 2 aromatic heterocycles. The predicted molar refractivity (Wildman–Crippen MR) is 114 cm³/mol. The Balaban J connectivity index is 1.29. The quantitative estimate of drug-likeness (QED) is 0.603. The van der Waals surface area contributed by atoms with Crippen molar-refractivity contribution in [2.75, 3.05) is 31.1 Å². The molecule has 32 heavy (non-hydrogen) atoms. The summed E-state index contributed by atoms with van der Waals surface area (Å²) in [5.74, 6) is 0.443. The zero-order valence-electron chi connectivity index (χ0n) is 17.6. The van der Waals surface area contributed by atoms with Gasteiger partial charge in [-0.1, -0.05) is 18.2 Å². The van der Waals surface area contributed by atoms with Crippen LogP contribution in [0.5, 0.6) is 0 Å². The molecule has 9 heteroatoms. The number of hydrogen-bond donors (Lipinski definition) is 0. The molecule has 2 fully saturated rings. The second kappa shape index (κ2) is 8.11. The minimum Gasteiger partial charge on any atom is -0.355 e. The van der Waals surface area contributed by atoms with E-state index in [0.29, 0.717) is 42.8 Å². The number of anilines is 1. The Hall–Kier alpha value is -3.10. The van der Waals surface area contributed by atoms with Crippen molar-refractivity contribution in [3.05, 3.63) is 59.4 Å². The van der Waals surface area contributed by atoms with Gasteiger partial charge in [-0.05, 0) is 55.4 Å². The van der Waals surface area contributed by atoms with Crippen molar-refractivity contribution in [3.8, 4) is 0 Å². The summed E-state index contributed by atoms with van der Waals surface area (Å²) in [4.78, 5) is 21.3. The normalized spacial score (nSPS) is 18.0. The molecule has 0 saturated carbocycles. The van der Waals surface area contributed by atoms with Crippen LogP contribution in [0.15, 0.2) is 42.6 Å². The first kappa shape index (κ1) is 20.8. The van der Waals surface area contributed by atoms with Gasteiger partial charge in [0.25, 0.3) is 5.91 Å². The number of aromatic nitrogens is 3. The fourth-order valence-corrected chi connectivity index (χ4v) is 4.76. The molecule has 0 N–H and O–H groups in total. The summed E-state index contributed by atoms with van der Waals surface area (Å²) in [6.07, 6.45) is 0.546. The lowest BCUT2D eigenvalue weighted by molar-refractivity contribution is -0.138. The third-order valence-corrected chi connectivity index (χ3v) is 6.44. The molecule has 1 aromatic carbocycles. The molecule has 0 unspecified atom stereocenters. The van der Waals surface area contributed by atoms with E-state index in [1.165, 1.54) is 6.07 Å². The summed E-state index contributed by atoms with van der Waals surface area (Å²) < 4.78 is 41.8. The maximum atomic E-state index is 13.4. The molecule has 2 aliphatic rings. The summed E-state index contributed by atoms with van der Waals surface area (Å²) in [5, 5.41) is 4.59. The third kappa shape index (κ3) is 3.91. The van der Waals surface area contributed by atoms with E-state index in [0.717, 1.165) is 37.8 Å². The van der Waals surface area contributed by atoms with Crippen molar-refractivity contribution < 1.29 is 18.0 Å². The average molecular weight is 443 g/mol. The zero-order valence-corrected chi connectivity index (χ0v) is 17.6. The van der Waals surface area contributed by atoms with Crippen molar-refractivity contribution in [2.45, 2.75) is 37.8 Å². The topological polar surface area (TPSA) is 53.7 Å². The van der Waals surface area contributed by atoms with Gasteiger partial charge in [0.2, 0.25) is 0 Å². The van der Waals surface area contributed by atoms with Crippen LogP contribution in [-0.4, -0.2) is 51.6 Å². The number of halogens is 3. The summed E-state index contributed by atoms with van der Waals surface area (Å²) in [6, 6.07) is 9.52. The van der Waals surface area contributed by atoms with Crippen molar-refractivity contribution in [3.63, 3.8) is 0 Å². The van der Waals surface area contributed by atoms with Crippen molar-refractivity contribution in [1.82, 2.24) is 19.5 Å². The lowest BCUT2D eigenvalue weighted by Crippen LogP contribution is -2.38. The Kier molecular flexibility index (Phi) is 5.27. The van der Waals surface area contributed by atoms with E-state index in [9.17, 15) is 18.0 Å². The summed E-state index contributed by atoms with van der Waals surface area (Å²) in [7, 11) is 0. The number of carbonyl (C=O) groups excluding carboxylic acids is 1. The van der Waals surface area contributed by atoms with Crippen molar-refractivity contribution in [1.29, 1.82) is 0 Å². The second-order valence-corrected chi connectivity index (χ2v) is 8.47. The number of rotatable bonds is 3. The molecule has 0 aliphatic carbocycles. The SMILES string of the molecule is O=C(c1cn2nc(N3CCCC3)ccc2n1)N1CCC(c2ccccc2C(F)(F)F)CC1. The lowest BCUT2D eigenvalue weighted by atomic mass is 9.86. The fraction of sp³-hybridized carbons (Fsp3) is 0.435. The molecule has 0 radical (unpaired) electrons. The van der Waals surface area contributed by atoms with Gasteiger partial charge in [0.15, 0.2) is 5.65 Å². The van der Waals surface area contributed by atoms with Crippen LogP contribution in [0.2, 0.25) is 0 Å². The van der Waals surface area contributed by atoms with Gasteiger partial charge in [-0.2, -0.15) is 13.2 Å². The largest absolute Gasteiger partial charge is 0.416 e. The highest BCUT2D eigenvalue weighted by Gasteiger charge is 2.36. The Morgan fingerprint density at radius 1 is 0.969 bits per heavy atom. The van der Waals surface area contributed by atoms with Crippen LogP contribution in [0.4, 0.5) is 19.0 Å². The number of likely N-dealkylation sites (tertiary alicyclic amines) is 1. The number of imidazole rings is 1. The monoisotopic (exact) mass is 443 g/mol. The molecule has 2 saturated heterocycles. The maximum Gasteiger partial charge on any atom is 0.416 e. The highest BCUT2D eigenvalue weighted by molar-refractivity contribution is 5.93. The number of fused-ring (bicyclic) bond motifs is 1. The van der Waals surface area contributed by atoms with Crippen molar-refractivity contribution in [2.24, 2.45) is 0 Å². The lowest BCUT2D eigenvalue weighted by Gasteiger charge is -2.32. The van der Waals surface area contributed by atoms with Gasteiger partial charge in [0.05, 0.1) is 11.8 Å². The van der Waals surface area contributed by atoms with Gasteiger partial charge in [0.1, 0.15) is 11.5 Å². The van der Waals surface area contributed by atoms with E-state index in [1.807, 2.05) is 12.1 Å². The van der Waals surface area contributed by atoms with Crippen LogP contribution in [0, 0.1) is 0 Å². The molecule has 0 atom stereocenters. The number of piperidine rings is 1. The molecular weight excluding hydrogens is 419 g/mol. The van der Waals surface area contributed by atoms with E-state index < -0.39 is 11.7 Å². The van der Waals surface area contributed by atoms with E-state index in [4.69, 9.17) is 0 Å². The van der Waals surface area contributed by atoms with Gasteiger partial charge in [0, 0.05) is 26.2 Å². The van der Waals surface area contributed by atoms with Crippen LogP contribution in [0.25, 0.3) is 5.65 Å². The molecule has 1 amide bonds. The smallest absolute Gasteiger partial charge is 0.355 e. The second-order valence-electron chi connectivity index (χ2n) is 8.47. The summed E-state index contributed by atoms with van der Waals surface area (Å²) in [5.41, 5.74) is 0.652. The molecule has 3 aromatic rings. The fourth-order valence-electron chi connectivity index (χ4n) is 4.76. The van der Waals surface area contributed by atoms with Crippen LogP contribution in [0.1, 0.15) is 53.2 Å². The van der Waals surface area contributed by atoms with E-state index in [-0.39, 0.29) is 11.8 Å². The van der Waals surface area contributed by atoms with Crippen LogP contribution in [-0.2, 0) is 6.18 Å². The van der Waals surface area contributed by atoms with E-state index in [2.05, 4.69) is 15.0 Å².